The summed E-state index contributed by atoms with van der Waals surface area (Å²) in [6, 6.07) is 3.85. The van der Waals surface area contributed by atoms with Gasteiger partial charge in [-0.25, -0.2) is 14.8 Å². The van der Waals surface area contributed by atoms with Gasteiger partial charge in [0.2, 0.25) is 11.8 Å². The Hall–Kier alpha value is -1.96. The molecule has 0 aliphatic heterocycles. The Kier molecular flexibility index (Phi) is 4.89. The van der Waals surface area contributed by atoms with E-state index in [4.69, 9.17) is 26.9 Å². The van der Waals surface area contributed by atoms with Crippen LogP contribution in [0.4, 0.5) is 4.39 Å². The molecule has 0 aliphatic carbocycles. The first kappa shape index (κ1) is 15.4. The fraction of sp³-hybridized carbons (Fsp3) is 0.231. The Morgan fingerprint density at radius 3 is 2.71 bits per heavy atom. The molecule has 0 saturated carbocycles. The zero-order valence-corrected chi connectivity index (χ0v) is 12.2. The van der Waals surface area contributed by atoms with Crippen LogP contribution in [0, 0.1) is 5.82 Å². The van der Waals surface area contributed by atoms with E-state index in [2.05, 4.69) is 15.4 Å². The van der Waals surface area contributed by atoms with E-state index in [0.717, 1.165) is 0 Å². The Morgan fingerprint density at radius 2 is 2.10 bits per heavy atom. The maximum atomic E-state index is 14.2. The molecular weight excluding hydrogens is 299 g/mol. The first-order valence-electron chi connectivity index (χ1n) is 5.97. The van der Waals surface area contributed by atoms with Gasteiger partial charge in [0.25, 0.3) is 0 Å². The molecule has 1 aromatic heterocycles. The maximum absolute atomic E-state index is 14.2. The highest BCUT2D eigenvalue weighted by atomic mass is 35.5. The van der Waals surface area contributed by atoms with Gasteiger partial charge >= 0.3 is 0 Å². The Balaban J connectivity index is 2.53. The third-order valence-electron chi connectivity index (χ3n) is 2.88. The largest absolute Gasteiger partial charge is 0.480 e. The van der Waals surface area contributed by atoms with E-state index in [-0.39, 0.29) is 22.3 Å². The van der Waals surface area contributed by atoms with Crippen molar-refractivity contribution in [3.05, 3.63) is 46.5 Å². The molecule has 0 bridgehead atoms. The second-order valence-corrected chi connectivity index (χ2v) is 4.46. The second-order valence-electron chi connectivity index (χ2n) is 4.05. The molecule has 2 aromatic rings. The molecule has 1 atom stereocenters. The monoisotopic (exact) mass is 312 g/mol. The molecular formula is C13H14ClFN4O2. The topological polar surface area (TPSA) is 82.3 Å². The number of nitrogens with one attached hydrogen (secondary N) is 1. The Morgan fingerprint density at radius 1 is 1.33 bits per heavy atom. The second kappa shape index (κ2) is 6.66. The van der Waals surface area contributed by atoms with Crippen molar-refractivity contribution in [2.24, 2.45) is 5.84 Å². The third-order valence-corrected chi connectivity index (χ3v) is 3.17. The first-order chi connectivity index (χ1) is 10.1. The number of aromatic nitrogens is 2. The van der Waals surface area contributed by atoms with E-state index in [0.29, 0.717) is 5.69 Å². The molecule has 6 nitrogen and oxygen atoms in total. The molecule has 0 amide bonds. The normalized spacial score (nSPS) is 12.0. The van der Waals surface area contributed by atoms with Gasteiger partial charge in [-0.05, 0) is 6.07 Å². The van der Waals surface area contributed by atoms with Crippen molar-refractivity contribution in [2.45, 2.75) is 6.04 Å². The molecule has 3 N–H and O–H groups in total. The lowest BCUT2D eigenvalue weighted by Crippen LogP contribution is -2.30. The molecule has 1 heterocycles. The van der Waals surface area contributed by atoms with Crippen molar-refractivity contribution in [1.29, 1.82) is 0 Å². The highest BCUT2D eigenvalue weighted by molar-refractivity contribution is 6.30. The van der Waals surface area contributed by atoms with Crippen LogP contribution < -0.4 is 20.7 Å². The van der Waals surface area contributed by atoms with Gasteiger partial charge in [0, 0.05) is 5.56 Å². The van der Waals surface area contributed by atoms with E-state index in [1.54, 1.807) is 12.1 Å². The summed E-state index contributed by atoms with van der Waals surface area (Å²) in [4.78, 5) is 8.27. The van der Waals surface area contributed by atoms with Crippen molar-refractivity contribution in [3.8, 4) is 11.8 Å². The molecule has 112 valence electrons. The summed E-state index contributed by atoms with van der Waals surface area (Å²) in [5.41, 5.74) is 3.05. The summed E-state index contributed by atoms with van der Waals surface area (Å²) in [6.45, 7) is 0. The predicted molar refractivity (Wildman–Crippen MR) is 75.7 cm³/mol. The van der Waals surface area contributed by atoms with E-state index < -0.39 is 11.9 Å². The first-order valence-corrected chi connectivity index (χ1v) is 6.35. The highest BCUT2D eigenvalue weighted by Crippen LogP contribution is 2.31. The van der Waals surface area contributed by atoms with Crippen LogP contribution in [-0.2, 0) is 0 Å². The molecule has 1 unspecified atom stereocenters. The van der Waals surface area contributed by atoms with Crippen LogP contribution in [0.15, 0.2) is 24.4 Å². The number of benzene rings is 1. The average molecular weight is 313 g/mol. The fourth-order valence-corrected chi connectivity index (χ4v) is 2.05. The van der Waals surface area contributed by atoms with Crippen LogP contribution in [0.5, 0.6) is 11.8 Å². The summed E-state index contributed by atoms with van der Waals surface area (Å²) in [6.07, 6.45) is 1.39. The van der Waals surface area contributed by atoms with Gasteiger partial charge < -0.3 is 9.47 Å². The van der Waals surface area contributed by atoms with Crippen molar-refractivity contribution in [3.63, 3.8) is 0 Å². The summed E-state index contributed by atoms with van der Waals surface area (Å²) in [5.74, 6) is 5.41. The van der Waals surface area contributed by atoms with Crippen LogP contribution in [0.3, 0.4) is 0 Å². The van der Waals surface area contributed by atoms with Crippen LogP contribution in [0.2, 0.25) is 5.02 Å². The lowest BCUT2D eigenvalue weighted by molar-refractivity contribution is 0.352. The van der Waals surface area contributed by atoms with Gasteiger partial charge in [0.05, 0.1) is 31.5 Å². The average Bonchev–Trinajstić information content (AvgIpc) is 2.52. The van der Waals surface area contributed by atoms with E-state index >= 15 is 0 Å². The molecule has 0 spiro atoms. The van der Waals surface area contributed by atoms with E-state index in [1.807, 2.05) is 0 Å². The molecule has 8 heteroatoms. The molecule has 2 rings (SSSR count). The Labute approximate surface area is 126 Å². The maximum Gasteiger partial charge on any atom is 0.240 e. The number of rotatable bonds is 5. The highest BCUT2D eigenvalue weighted by Gasteiger charge is 2.24. The minimum absolute atomic E-state index is 0.00631. The molecule has 21 heavy (non-hydrogen) atoms. The van der Waals surface area contributed by atoms with Gasteiger partial charge in [0.1, 0.15) is 11.5 Å². The quantitative estimate of drug-likeness (QED) is 0.647. The van der Waals surface area contributed by atoms with Crippen molar-refractivity contribution < 1.29 is 13.9 Å². The van der Waals surface area contributed by atoms with Gasteiger partial charge in [0.15, 0.2) is 0 Å². The number of hydrazine groups is 1. The van der Waals surface area contributed by atoms with Crippen LogP contribution in [0.1, 0.15) is 17.3 Å². The SMILES string of the molecule is COc1cnc(C(NN)c2cccc(Cl)c2F)c(OC)n1. The van der Waals surface area contributed by atoms with Gasteiger partial charge in [-0.2, -0.15) is 4.98 Å². The number of hydrogen-bond donors (Lipinski definition) is 2. The molecule has 0 radical (unpaired) electrons. The molecule has 1 aromatic carbocycles. The summed E-state index contributed by atoms with van der Waals surface area (Å²) in [7, 11) is 2.88. The standard InChI is InChI=1S/C13H14ClFN4O2/c1-20-9-6-17-12(13(18-9)21-2)11(19-16)7-4-3-5-8(14)10(7)15/h3-6,11,19H,16H2,1-2H3. The summed E-state index contributed by atoms with van der Waals surface area (Å²) >= 11 is 5.79. The number of nitrogens with zero attached hydrogens (tertiary/aromatic N) is 2. The third kappa shape index (κ3) is 3.05. The fourth-order valence-electron chi connectivity index (χ4n) is 1.87. The van der Waals surface area contributed by atoms with Crippen molar-refractivity contribution in [2.75, 3.05) is 14.2 Å². The minimum atomic E-state index is -0.767. The minimum Gasteiger partial charge on any atom is -0.480 e. The molecule has 0 aliphatic rings. The van der Waals surface area contributed by atoms with Crippen LogP contribution in [-0.4, -0.2) is 24.2 Å². The molecule has 0 fully saturated rings. The zero-order chi connectivity index (χ0) is 15.4. The van der Waals surface area contributed by atoms with Crippen LogP contribution in [0.25, 0.3) is 0 Å². The number of nitrogens with two attached hydrogens (primary N) is 1. The van der Waals surface area contributed by atoms with Crippen molar-refractivity contribution >= 4 is 11.6 Å². The summed E-state index contributed by atoms with van der Waals surface area (Å²) < 4.78 is 24.3. The van der Waals surface area contributed by atoms with Gasteiger partial charge in [-0.15, -0.1) is 0 Å². The van der Waals surface area contributed by atoms with Crippen molar-refractivity contribution in [1.82, 2.24) is 15.4 Å². The summed E-state index contributed by atoms with van der Waals surface area (Å²) in [5, 5.41) is -0.00631. The lowest BCUT2D eigenvalue weighted by atomic mass is 10.0. The van der Waals surface area contributed by atoms with E-state index in [1.165, 1.54) is 26.5 Å². The predicted octanol–water partition coefficient (Wildman–Crippen LogP) is 1.84. The van der Waals surface area contributed by atoms with Gasteiger partial charge in [-0.3, -0.25) is 5.84 Å². The number of hydrogen-bond acceptors (Lipinski definition) is 6. The smallest absolute Gasteiger partial charge is 0.240 e. The zero-order valence-electron chi connectivity index (χ0n) is 11.4. The molecule has 0 saturated heterocycles. The van der Waals surface area contributed by atoms with E-state index in [9.17, 15) is 4.39 Å². The van der Waals surface area contributed by atoms with Gasteiger partial charge in [-0.1, -0.05) is 23.7 Å². The lowest BCUT2D eigenvalue weighted by Gasteiger charge is -2.19. The Bertz CT molecular complexity index is 642. The number of methoxy groups -OCH3 is 2. The van der Waals surface area contributed by atoms with Crippen LogP contribution >= 0.6 is 11.6 Å². The number of halogens is 2. The number of ether oxygens (including phenoxy) is 2.